The third-order valence-electron chi connectivity index (χ3n) is 4.99. The van der Waals surface area contributed by atoms with Crippen molar-refractivity contribution in [3.63, 3.8) is 0 Å². The summed E-state index contributed by atoms with van der Waals surface area (Å²) in [6.07, 6.45) is 4.88. The van der Waals surface area contributed by atoms with Crippen LogP contribution in [0, 0.1) is 0 Å². The van der Waals surface area contributed by atoms with Crippen molar-refractivity contribution < 1.29 is 5.11 Å². The summed E-state index contributed by atoms with van der Waals surface area (Å²) in [5, 5.41) is 14.8. The molecule has 2 aliphatic rings. The Balaban J connectivity index is 1.71. The van der Waals surface area contributed by atoms with E-state index >= 15 is 0 Å². The second-order valence-electron chi connectivity index (χ2n) is 6.50. The van der Waals surface area contributed by atoms with Crippen molar-refractivity contribution >= 4 is 23.2 Å². The molecule has 0 spiro atoms. The number of benzene rings is 1. The molecular formula is C17H24Cl2N2O. The van der Waals surface area contributed by atoms with Crippen LogP contribution in [0.3, 0.4) is 0 Å². The average molecular weight is 343 g/mol. The van der Waals surface area contributed by atoms with Crippen molar-refractivity contribution in [2.45, 2.75) is 50.3 Å². The summed E-state index contributed by atoms with van der Waals surface area (Å²) in [4.78, 5) is 2.62. The molecule has 0 bridgehead atoms. The number of halogens is 2. The van der Waals surface area contributed by atoms with Crippen LogP contribution in [0.2, 0.25) is 10.0 Å². The van der Waals surface area contributed by atoms with Crippen LogP contribution in [0.15, 0.2) is 18.2 Å². The first-order chi connectivity index (χ1) is 10.6. The van der Waals surface area contributed by atoms with Gasteiger partial charge in [-0.25, -0.2) is 0 Å². The van der Waals surface area contributed by atoms with Gasteiger partial charge in [0.1, 0.15) is 0 Å². The van der Waals surface area contributed by atoms with E-state index in [0.29, 0.717) is 12.1 Å². The van der Waals surface area contributed by atoms with Gasteiger partial charge in [-0.3, -0.25) is 4.90 Å². The number of aliphatic hydroxyl groups excluding tert-OH is 1. The first-order valence-corrected chi connectivity index (χ1v) is 8.97. The fourth-order valence-corrected chi connectivity index (χ4v) is 4.18. The Kier molecular flexibility index (Phi) is 5.64. The third kappa shape index (κ3) is 3.95. The molecule has 1 atom stereocenters. The smallest absolute Gasteiger partial charge is 0.0541 e. The maximum Gasteiger partial charge on any atom is 0.0541 e. The quantitative estimate of drug-likeness (QED) is 0.885. The number of piperazine rings is 1. The van der Waals surface area contributed by atoms with Crippen LogP contribution < -0.4 is 5.32 Å². The lowest BCUT2D eigenvalue weighted by Gasteiger charge is -2.44. The summed E-state index contributed by atoms with van der Waals surface area (Å²) in [6.45, 7) is 3.10. The Hall–Kier alpha value is -0.320. The number of hydrogen-bond acceptors (Lipinski definition) is 3. The minimum atomic E-state index is -0.0972. The molecule has 1 aromatic carbocycles. The molecule has 5 heteroatoms. The Labute approximate surface area is 142 Å². The first kappa shape index (κ1) is 16.5. The van der Waals surface area contributed by atoms with Crippen LogP contribution in [-0.2, 0) is 6.42 Å². The molecule has 1 heterocycles. The van der Waals surface area contributed by atoms with Crippen LogP contribution in [0.4, 0.5) is 0 Å². The maximum atomic E-state index is 9.73. The van der Waals surface area contributed by atoms with Crippen molar-refractivity contribution in [3.05, 3.63) is 33.8 Å². The predicted molar refractivity (Wildman–Crippen MR) is 91.8 cm³/mol. The fourth-order valence-electron chi connectivity index (χ4n) is 3.79. The molecule has 0 amide bonds. The summed E-state index contributed by atoms with van der Waals surface area (Å²) < 4.78 is 0. The zero-order valence-electron chi connectivity index (χ0n) is 12.8. The Morgan fingerprint density at radius 2 is 1.95 bits per heavy atom. The lowest BCUT2D eigenvalue weighted by Crippen LogP contribution is -2.56. The highest BCUT2D eigenvalue weighted by molar-refractivity contribution is 6.33. The van der Waals surface area contributed by atoms with E-state index in [4.69, 9.17) is 23.2 Å². The lowest BCUT2D eigenvalue weighted by atomic mass is 9.89. The standard InChI is InChI=1S/C17H24Cl2N2O/c18-13-1-6-17(19)12(9-13)10-15-11-20-7-8-21(15)14-2-4-16(22)5-3-14/h1,6,9,14-16,20,22H,2-5,7-8,10-11H2. The molecule has 0 radical (unpaired) electrons. The van der Waals surface area contributed by atoms with Gasteiger partial charge in [0.25, 0.3) is 0 Å². The zero-order valence-corrected chi connectivity index (χ0v) is 14.3. The van der Waals surface area contributed by atoms with Crippen molar-refractivity contribution in [3.8, 4) is 0 Å². The molecule has 1 aliphatic carbocycles. The average Bonchev–Trinajstić information content (AvgIpc) is 2.52. The molecule has 3 nitrogen and oxygen atoms in total. The zero-order chi connectivity index (χ0) is 15.5. The Bertz CT molecular complexity index is 503. The van der Waals surface area contributed by atoms with Crippen molar-refractivity contribution in [2.24, 2.45) is 0 Å². The van der Waals surface area contributed by atoms with E-state index in [2.05, 4.69) is 10.2 Å². The molecule has 22 heavy (non-hydrogen) atoms. The highest BCUT2D eigenvalue weighted by Crippen LogP contribution is 2.28. The maximum absolute atomic E-state index is 9.73. The molecule has 122 valence electrons. The normalized spacial score (nSPS) is 30.4. The van der Waals surface area contributed by atoms with Gasteiger partial charge in [0.05, 0.1) is 6.10 Å². The van der Waals surface area contributed by atoms with Gasteiger partial charge in [0, 0.05) is 41.8 Å². The summed E-state index contributed by atoms with van der Waals surface area (Å²) >= 11 is 12.5. The Morgan fingerprint density at radius 1 is 1.18 bits per heavy atom. The molecule has 3 rings (SSSR count). The van der Waals surface area contributed by atoms with E-state index in [-0.39, 0.29) is 6.10 Å². The van der Waals surface area contributed by atoms with E-state index in [1.807, 2.05) is 18.2 Å². The second-order valence-corrected chi connectivity index (χ2v) is 7.34. The predicted octanol–water partition coefficient (Wildman–Crippen LogP) is 3.11. The number of nitrogens with one attached hydrogen (secondary N) is 1. The van der Waals surface area contributed by atoms with Crippen molar-refractivity contribution in [2.75, 3.05) is 19.6 Å². The number of aliphatic hydroxyl groups is 1. The van der Waals surface area contributed by atoms with E-state index in [1.165, 1.54) is 0 Å². The monoisotopic (exact) mass is 342 g/mol. The number of nitrogens with zero attached hydrogens (tertiary/aromatic N) is 1. The van der Waals surface area contributed by atoms with Gasteiger partial charge < -0.3 is 10.4 Å². The topological polar surface area (TPSA) is 35.5 Å². The van der Waals surface area contributed by atoms with Crippen LogP contribution in [0.5, 0.6) is 0 Å². The molecule has 2 fully saturated rings. The summed E-state index contributed by atoms with van der Waals surface area (Å²) in [5.41, 5.74) is 1.13. The molecule has 2 N–H and O–H groups in total. The van der Waals surface area contributed by atoms with Gasteiger partial charge in [-0.05, 0) is 55.9 Å². The van der Waals surface area contributed by atoms with E-state index in [1.54, 1.807) is 0 Å². The minimum Gasteiger partial charge on any atom is -0.393 e. The molecule has 1 unspecified atom stereocenters. The van der Waals surface area contributed by atoms with Crippen LogP contribution >= 0.6 is 23.2 Å². The lowest BCUT2D eigenvalue weighted by molar-refractivity contribution is 0.0412. The molecular weight excluding hydrogens is 319 g/mol. The van der Waals surface area contributed by atoms with Gasteiger partial charge in [-0.15, -0.1) is 0 Å². The fraction of sp³-hybridized carbons (Fsp3) is 0.647. The largest absolute Gasteiger partial charge is 0.393 e. The van der Waals surface area contributed by atoms with Gasteiger partial charge in [-0.2, -0.15) is 0 Å². The molecule has 0 aromatic heterocycles. The first-order valence-electron chi connectivity index (χ1n) is 8.22. The number of hydrogen-bond donors (Lipinski definition) is 2. The Morgan fingerprint density at radius 3 is 2.73 bits per heavy atom. The van der Waals surface area contributed by atoms with E-state index in [9.17, 15) is 5.11 Å². The van der Waals surface area contributed by atoms with Gasteiger partial charge in [0.2, 0.25) is 0 Å². The van der Waals surface area contributed by atoms with Crippen molar-refractivity contribution in [1.82, 2.24) is 10.2 Å². The molecule has 1 aromatic rings. The van der Waals surface area contributed by atoms with Gasteiger partial charge >= 0.3 is 0 Å². The third-order valence-corrected chi connectivity index (χ3v) is 5.60. The second kappa shape index (κ2) is 7.50. The van der Waals surface area contributed by atoms with Crippen LogP contribution in [0.25, 0.3) is 0 Å². The molecule has 1 saturated carbocycles. The molecule has 1 aliphatic heterocycles. The molecule has 1 saturated heterocycles. The summed E-state index contributed by atoms with van der Waals surface area (Å²) in [7, 11) is 0. The van der Waals surface area contributed by atoms with Crippen LogP contribution in [0.1, 0.15) is 31.2 Å². The SMILES string of the molecule is OC1CCC(N2CCNCC2Cc2cc(Cl)ccc2Cl)CC1. The summed E-state index contributed by atoms with van der Waals surface area (Å²) in [5.74, 6) is 0. The number of rotatable bonds is 3. The van der Waals surface area contributed by atoms with Gasteiger partial charge in [0.15, 0.2) is 0 Å². The minimum absolute atomic E-state index is 0.0972. The highest BCUT2D eigenvalue weighted by atomic mass is 35.5. The van der Waals surface area contributed by atoms with Crippen LogP contribution in [-0.4, -0.2) is 47.8 Å². The van der Waals surface area contributed by atoms with E-state index < -0.39 is 0 Å². The van der Waals surface area contributed by atoms with E-state index in [0.717, 1.165) is 67.3 Å². The highest BCUT2D eigenvalue weighted by Gasteiger charge is 2.31. The summed E-state index contributed by atoms with van der Waals surface area (Å²) in [6, 6.07) is 6.75. The van der Waals surface area contributed by atoms with Gasteiger partial charge in [-0.1, -0.05) is 23.2 Å². The van der Waals surface area contributed by atoms with Crippen molar-refractivity contribution in [1.29, 1.82) is 0 Å².